The average Bonchev–Trinajstić information content (AvgIpc) is 1.07. The van der Waals surface area contributed by atoms with Crippen molar-refractivity contribution in [3.8, 4) is 11.1 Å². The molecule has 5 heterocycles. The molecule has 7 amide bonds. The zero-order valence-corrected chi connectivity index (χ0v) is 60.2. The van der Waals surface area contributed by atoms with Crippen molar-refractivity contribution in [3.05, 3.63) is 143 Å². The number of benzene rings is 3. The standard InChI is InChI=1S/C71H95ClN16O16/c1-47-39-57(77-53-14-12-52(72)13-15-53)56-40-51(11-16-58(56)88(47)48(2)89)49-7-9-50(10-8-49)67(92)75-21-23-97-25-27-99-29-31-101-33-35-103-37-38-104-36-34-102-32-30-100-28-26-98-24-22-76-69(94)60-42-55(44-85(60)4)79-71(96)66-83-62(46-87(66)6)81-64(91)18-20-74-68(93)59-41-54(43-84(59)3)78-70(95)65-82-61(45-86(65)5)80-63(90)17-19-73/h7-16,40-47,57,71,77,79,96H,17-39,73H2,1-6H3,(H,74,93)(H,75,92)(H,76,94)(H,78,95)(H,80,90)(H,81,91)/t47-,57?,71?/m0/s1. The highest BCUT2D eigenvalue weighted by atomic mass is 35.5. The van der Waals surface area contributed by atoms with Gasteiger partial charge in [0.25, 0.3) is 23.6 Å². The lowest BCUT2D eigenvalue weighted by Gasteiger charge is -2.39. The van der Waals surface area contributed by atoms with E-state index in [-0.39, 0.29) is 104 Å². The summed E-state index contributed by atoms with van der Waals surface area (Å²) in [7, 11) is 6.55. The number of imidazole rings is 2. The zero-order chi connectivity index (χ0) is 74.3. The van der Waals surface area contributed by atoms with Crippen molar-refractivity contribution in [1.29, 1.82) is 0 Å². The number of carbonyl (C=O) groups is 7. The Labute approximate surface area is 608 Å². The fourth-order valence-corrected chi connectivity index (χ4v) is 11.2. The van der Waals surface area contributed by atoms with Crippen molar-refractivity contribution >= 4 is 87.3 Å². The van der Waals surface area contributed by atoms with Crippen molar-refractivity contribution in [1.82, 2.24) is 44.2 Å². The molecule has 3 aromatic carbocycles. The van der Waals surface area contributed by atoms with Gasteiger partial charge in [-0.2, -0.15) is 0 Å². The van der Waals surface area contributed by atoms with Gasteiger partial charge in [0.2, 0.25) is 23.5 Å². The zero-order valence-electron chi connectivity index (χ0n) is 59.5. The van der Waals surface area contributed by atoms with Crippen LogP contribution in [-0.4, -0.2) is 213 Å². The number of nitrogens with one attached hydrogen (secondary N) is 8. The van der Waals surface area contributed by atoms with E-state index in [9.17, 15) is 38.7 Å². The van der Waals surface area contributed by atoms with E-state index in [1.807, 2.05) is 53.4 Å². The molecule has 1 aliphatic heterocycles. The molecule has 1 aliphatic rings. The Bertz CT molecular complexity index is 3930. The number of nitrogens with two attached hydrogens (primary N) is 1. The first-order chi connectivity index (χ1) is 50.2. The second kappa shape index (κ2) is 41.6. The molecule has 0 spiro atoms. The molecule has 104 heavy (non-hydrogen) atoms. The van der Waals surface area contributed by atoms with Crippen molar-refractivity contribution in [2.45, 2.75) is 51.4 Å². The molecule has 0 saturated carbocycles. The van der Waals surface area contributed by atoms with Gasteiger partial charge in [0.05, 0.1) is 123 Å². The van der Waals surface area contributed by atoms with Gasteiger partial charge in [-0.3, -0.25) is 33.6 Å². The predicted molar refractivity (Wildman–Crippen MR) is 390 cm³/mol. The van der Waals surface area contributed by atoms with Gasteiger partial charge in [0.1, 0.15) is 11.4 Å². The number of halogens is 1. The number of carbonyl (C=O) groups excluding carboxylic acids is 7. The monoisotopic (exact) mass is 1460 g/mol. The smallest absolute Gasteiger partial charge is 0.291 e. The Hall–Kier alpha value is -9.58. The molecule has 8 rings (SSSR count). The fourth-order valence-electron chi connectivity index (χ4n) is 11.1. The van der Waals surface area contributed by atoms with Crippen LogP contribution in [0.1, 0.15) is 98.7 Å². The summed E-state index contributed by atoms with van der Waals surface area (Å²) in [5.41, 5.74) is 12.0. The largest absolute Gasteiger partial charge is 0.378 e. The van der Waals surface area contributed by atoms with Gasteiger partial charge in [0, 0.05) is 127 Å². The molecule has 11 N–H and O–H groups in total. The number of anilines is 6. The minimum atomic E-state index is -1.32. The van der Waals surface area contributed by atoms with Gasteiger partial charge in [-0.1, -0.05) is 29.8 Å². The van der Waals surface area contributed by atoms with Gasteiger partial charge in [0.15, 0.2) is 23.7 Å². The number of fused-ring (bicyclic) bond motifs is 1. The molecular formula is C71H95ClN16O16. The van der Waals surface area contributed by atoms with E-state index in [1.165, 1.54) is 32.2 Å². The second-order valence-corrected chi connectivity index (χ2v) is 24.6. The lowest BCUT2D eigenvalue weighted by Crippen LogP contribution is -2.43. The number of hydrogen-bond donors (Lipinski definition) is 10. The number of rotatable bonds is 45. The van der Waals surface area contributed by atoms with Crippen LogP contribution in [0.5, 0.6) is 0 Å². The molecule has 0 saturated heterocycles. The summed E-state index contributed by atoms with van der Waals surface area (Å²) in [6, 6.07) is 24.2. The Balaban J connectivity index is 0.564. The van der Waals surface area contributed by atoms with Crippen LogP contribution in [-0.2, 0) is 80.5 Å². The number of ether oxygens (including phenoxy) is 8. The normalized spacial score (nSPS) is 13.6. The van der Waals surface area contributed by atoms with E-state index in [2.05, 4.69) is 65.5 Å². The molecule has 0 fully saturated rings. The number of nitrogens with zero attached hydrogens (tertiary/aromatic N) is 7. The van der Waals surface area contributed by atoms with Crippen molar-refractivity contribution in [2.75, 3.05) is 163 Å². The molecular weight excluding hydrogens is 1370 g/mol. The van der Waals surface area contributed by atoms with E-state index >= 15 is 0 Å². The summed E-state index contributed by atoms with van der Waals surface area (Å²) < 4.78 is 50.7. The van der Waals surface area contributed by atoms with Crippen LogP contribution in [0.4, 0.5) is 34.4 Å². The lowest BCUT2D eigenvalue weighted by atomic mass is 9.88. The molecule has 3 atom stereocenters. The number of aliphatic hydroxyl groups is 1. The number of amides is 7. The highest BCUT2D eigenvalue weighted by Crippen LogP contribution is 2.41. The Morgan fingerprint density at radius 3 is 1.56 bits per heavy atom. The quantitative estimate of drug-likeness (QED) is 0.0174. The molecule has 4 aromatic heterocycles. The molecule has 32 nitrogen and oxygen atoms in total. The predicted octanol–water partition coefficient (Wildman–Crippen LogP) is 5.14. The van der Waals surface area contributed by atoms with Gasteiger partial charge in [-0.15, -0.1) is 0 Å². The van der Waals surface area contributed by atoms with Gasteiger partial charge in [-0.05, 0) is 90.7 Å². The second-order valence-electron chi connectivity index (χ2n) is 24.2. The third-order valence-corrected chi connectivity index (χ3v) is 16.4. The summed E-state index contributed by atoms with van der Waals surface area (Å²) in [5.74, 6) is -1.85. The summed E-state index contributed by atoms with van der Waals surface area (Å²) >= 11 is 6.14. The maximum atomic E-state index is 13.0. The third kappa shape index (κ3) is 25.1. The van der Waals surface area contributed by atoms with Crippen LogP contribution < -0.4 is 53.2 Å². The van der Waals surface area contributed by atoms with Crippen LogP contribution in [0.15, 0.2) is 104 Å². The first-order valence-electron chi connectivity index (χ1n) is 34.2. The maximum Gasteiger partial charge on any atom is 0.291 e. The van der Waals surface area contributed by atoms with E-state index in [1.54, 1.807) is 70.3 Å². The SMILES string of the molecule is CC(=O)N1c2ccc(-c3ccc(C(=O)NCCOCCOCCOCCOCCOCCOCCOCCOCCNC(=O)c4cc(NC(O)c5nc(NC(=O)CCNC(=O)c6cc(NC(=O)c7nc(NC(=O)CCN)cn7C)cn6C)cn5C)cn4C)cc3)cc2C(Nc2ccc(Cl)cc2)C[C@@H]1C. The number of hydrogen-bond acceptors (Lipinski definition) is 21. The topological polar surface area (TPSA) is 385 Å². The maximum absolute atomic E-state index is 13.0. The molecule has 33 heteroatoms. The van der Waals surface area contributed by atoms with E-state index in [0.29, 0.717) is 133 Å². The highest BCUT2D eigenvalue weighted by Gasteiger charge is 2.33. The van der Waals surface area contributed by atoms with Crippen molar-refractivity contribution in [2.24, 2.45) is 33.9 Å². The minimum absolute atomic E-state index is 0.00360. The van der Waals surface area contributed by atoms with Crippen molar-refractivity contribution in [3.63, 3.8) is 0 Å². The lowest BCUT2D eigenvalue weighted by molar-refractivity contribution is -0.117. The summed E-state index contributed by atoms with van der Waals surface area (Å²) in [6.45, 7) is 10.5. The first kappa shape index (κ1) is 80.1. The van der Waals surface area contributed by atoms with Gasteiger partial charge >= 0.3 is 0 Å². The van der Waals surface area contributed by atoms with Crippen LogP contribution in [0.2, 0.25) is 5.02 Å². The Morgan fingerprint density at radius 2 is 1.01 bits per heavy atom. The molecule has 2 unspecified atom stereocenters. The minimum Gasteiger partial charge on any atom is -0.378 e. The number of aliphatic hydroxyl groups excluding tert-OH is 1. The Kier molecular flexibility index (Phi) is 32.1. The van der Waals surface area contributed by atoms with E-state index in [4.69, 9.17) is 55.2 Å². The fraction of sp³-hybridized carbons (Fsp3) is 0.451. The highest BCUT2D eigenvalue weighted by molar-refractivity contribution is 6.30. The molecule has 7 aromatic rings. The third-order valence-electron chi connectivity index (χ3n) is 16.2. The van der Waals surface area contributed by atoms with Crippen LogP contribution in [0, 0.1) is 0 Å². The summed E-state index contributed by atoms with van der Waals surface area (Å²) in [5, 5.41) is 34.6. The Morgan fingerprint density at radius 1 is 0.529 bits per heavy atom. The van der Waals surface area contributed by atoms with Gasteiger partial charge < -0.3 is 114 Å². The number of aromatic nitrogens is 6. The van der Waals surface area contributed by atoms with Crippen molar-refractivity contribution < 1.29 is 76.6 Å². The van der Waals surface area contributed by atoms with Crippen LogP contribution >= 0.6 is 11.6 Å². The van der Waals surface area contributed by atoms with Crippen LogP contribution in [0.25, 0.3) is 11.1 Å². The number of aryl methyl sites for hydroxylation is 4. The van der Waals surface area contributed by atoms with E-state index < -0.39 is 23.9 Å². The average molecular weight is 1460 g/mol. The van der Waals surface area contributed by atoms with E-state index in [0.717, 1.165) is 34.5 Å². The molecule has 562 valence electrons. The summed E-state index contributed by atoms with van der Waals surface area (Å²) in [6.07, 6.45) is 5.60. The molecule has 0 radical (unpaired) electrons. The summed E-state index contributed by atoms with van der Waals surface area (Å²) in [4.78, 5) is 99.8. The van der Waals surface area contributed by atoms with Crippen LogP contribution in [0.3, 0.4) is 0 Å². The van der Waals surface area contributed by atoms with Gasteiger partial charge in [-0.25, -0.2) is 9.97 Å². The molecule has 0 bridgehead atoms. The first-order valence-corrected chi connectivity index (χ1v) is 34.6. The molecule has 0 aliphatic carbocycles.